The highest BCUT2D eigenvalue weighted by atomic mass is 32.1. The van der Waals surface area contributed by atoms with Gasteiger partial charge in [0.2, 0.25) is 0 Å². The maximum atomic E-state index is 13.4. The first-order valence-electron chi connectivity index (χ1n) is 11.3. The summed E-state index contributed by atoms with van der Waals surface area (Å²) < 4.78 is 10.1. The zero-order valence-corrected chi connectivity index (χ0v) is 21.4. The number of rotatable bonds is 6. The minimum atomic E-state index is -0.936. The first-order chi connectivity index (χ1) is 17.2. The molecule has 1 aromatic heterocycles. The molecular formula is C27H26N2O6S. The van der Waals surface area contributed by atoms with Crippen LogP contribution in [0.5, 0.6) is 5.75 Å². The van der Waals surface area contributed by atoms with Gasteiger partial charge in [-0.1, -0.05) is 42.5 Å². The number of ketones is 1. The highest BCUT2D eigenvalue weighted by Gasteiger charge is 2.48. The molecule has 9 heteroatoms. The van der Waals surface area contributed by atoms with Crippen molar-refractivity contribution < 1.29 is 29.0 Å². The van der Waals surface area contributed by atoms with Gasteiger partial charge in [0.1, 0.15) is 16.4 Å². The molecule has 1 aliphatic rings. The number of aromatic nitrogens is 1. The van der Waals surface area contributed by atoms with Crippen LogP contribution in [0.4, 0.5) is 5.13 Å². The molecule has 36 heavy (non-hydrogen) atoms. The van der Waals surface area contributed by atoms with Gasteiger partial charge >= 0.3 is 11.9 Å². The maximum Gasteiger partial charge on any atom is 0.350 e. The van der Waals surface area contributed by atoms with Crippen LogP contribution in [0.1, 0.15) is 50.6 Å². The summed E-state index contributed by atoms with van der Waals surface area (Å²) in [5.74, 6) is -1.92. The summed E-state index contributed by atoms with van der Waals surface area (Å²) in [6.07, 6.45) is 0.819. The molecule has 3 aromatic rings. The summed E-state index contributed by atoms with van der Waals surface area (Å²) in [4.78, 5) is 44.8. The number of hydrogen-bond donors (Lipinski definition) is 1. The van der Waals surface area contributed by atoms with Gasteiger partial charge in [-0.05, 0) is 55.2 Å². The normalized spacial score (nSPS) is 16.9. The van der Waals surface area contributed by atoms with E-state index in [1.807, 2.05) is 38.1 Å². The molecule has 1 fully saturated rings. The lowest BCUT2D eigenvalue weighted by molar-refractivity contribution is -0.132. The van der Waals surface area contributed by atoms with E-state index in [1.54, 1.807) is 32.2 Å². The van der Waals surface area contributed by atoms with Crippen LogP contribution < -0.4 is 9.64 Å². The second-order valence-electron chi connectivity index (χ2n) is 8.35. The van der Waals surface area contributed by atoms with Gasteiger partial charge in [-0.15, -0.1) is 0 Å². The average Bonchev–Trinajstić information content (AvgIpc) is 3.39. The minimum absolute atomic E-state index is 0.0544. The number of amides is 1. The largest absolute Gasteiger partial charge is 0.507 e. The zero-order valence-electron chi connectivity index (χ0n) is 20.6. The Hall–Kier alpha value is -3.98. The van der Waals surface area contributed by atoms with Crippen LogP contribution in [0.25, 0.3) is 5.76 Å². The van der Waals surface area contributed by atoms with Gasteiger partial charge < -0.3 is 14.6 Å². The molecule has 186 valence electrons. The van der Waals surface area contributed by atoms with E-state index in [4.69, 9.17) is 9.47 Å². The molecule has 0 aliphatic carbocycles. The summed E-state index contributed by atoms with van der Waals surface area (Å²) in [6.45, 7) is 5.48. The Balaban J connectivity index is 1.93. The quantitative estimate of drug-likeness (QED) is 0.223. The summed E-state index contributed by atoms with van der Waals surface area (Å²) in [5, 5.41) is 11.5. The molecule has 0 spiro atoms. The third-order valence-corrected chi connectivity index (χ3v) is 7.32. The second-order valence-corrected chi connectivity index (χ2v) is 9.33. The van der Waals surface area contributed by atoms with E-state index in [-0.39, 0.29) is 21.3 Å². The number of ether oxygens (including phenoxy) is 2. The fraction of sp³-hybridized carbons (Fsp3) is 0.259. The molecule has 0 saturated carbocycles. The van der Waals surface area contributed by atoms with E-state index in [1.165, 1.54) is 12.0 Å². The van der Waals surface area contributed by atoms with Gasteiger partial charge in [0.15, 0.2) is 5.13 Å². The number of carbonyl (C=O) groups is 3. The van der Waals surface area contributed by atoms with Crippen LogP contribution in [0.15, 0.2) is 48.0 Å². The smallest absolute Gasteiger partial charge is 0.350 e. The Labute approximate surface area is 212 Å². The third kappa shape index (κ3) is 4.26. The third-order valence-electron chi connectivity index (χ3n) is 6.18. The number of hydrogen-bond acceptors (Lipinski definition) is 8. The topological polar surface area (TPSA) is 106 Å². The number of methoxy groups -OCH3 is 2. The first-order valence-corrected chi connectivity index (χ1v) is 12.1. The number of esters is 1. The maximum absolute atomic E-state index is 13.4. The van der Waals surface area contributed by atoms with Crippen LogP contribution >= 0.6 is 11.3 Å². The summed E-state index contributed by atoms with van der Waals surface area (Å²) in [5.41, 5.74) is 3.19. The van der Waals surface area contributed by atoms with Gasteiger partial charge in [-0.25, -0.2) is 9.78 Å². The number of aliphatic hydroxyl groups excluding tert-OH is 1. The zero-order chi connectivity index (χ0) is 26.1. The van der Waals surface area contributed by atoms with Gasteiger partial charge in [-0.3, -0.25) is 14.5 Å². The lowest BCUT2D eigenvalue weighted by Crippen LogP contribution is -2.29. The Kier molecular flexibility index (Phi) is 6.94. The highest BCUT2D eigenvalue weighted by Crippen LogP contribution is 2.44. The molecule has 2 aromatic carbocycles. The van der Waals surface area contributed by atoms with Gasteiger partial charge in [0.25, 0.3) is 5.78 Å². The Morgan fingerprint density at radius 2 is 1.81 bits per heavy atom. The average molecular weight is 507 g/mol. The Bertz CT molecular complexity index is 1390. The number of carbonyl (C=O) groups excluding carboxylic acids is 3. The molecule has 4 rings (SSSR count). The number of benzene rings is 2. The van der Waals surface area contributed by atoms with Crippen molar-refractivity contribution in [2.45, 2.75) is 33.2 Å². The minimum Gasteiger partial charge on any atom is -0.507 e. The summed E-state index contributed by atoms with van der Waals surface area (Å²) >= 11 is 0.965. The lowest BCUT2D eigenvalue weighted by Gasteiger charge is -2.23. The number of Topliss-reactive ketones (excluding diaryl/α,β-unsaturated/α-hetero) is 1. The molecule has 2 heterocycles. The molecular weight excluding hydrogens is 480 g/mol. The lowest BCUT2D eigenvalue weighted by atomic mass is 9.94. The van der Waals surface area contributed by atoms with E-state index in [9.17, 15) is 19.5 Å². The van der Waals surface area contributed by atoms with Crippen molar-refractivity contribution in [3.8, 4) is 5.75 Å². The molecule has 8 nitrogen and oxygen atoms in total. The number of aryl methyl sites for hydroxylation is 3. The van der Waals surface area contributed by atoms with Crippen molar-refractivity contribution >= 4 is 39.9 Å². The summed E-state index contributed by atoms with van der Waals surface area (Å²) in [6, 6.07) is 11.6. The molecule has 1 saturated heterocycles. The van der Waals surface area contributed by atoms with Crippen molar-refractivity contribution in [2.24, 2.45) is 0 Å². The van der Waals surface area contributed by atoms with E-state index >= 15 is 0 Å². The molecule has 1 N–H and O–H groups in total. The molecule has 0 unspecified atom stereocenters. The van der Waals surface area contributed by atoms with Crippen LogP contribution in [0, 0.1) is 13.8 Å². The Morgan fingerprint density at radius 1 is 1.11 bits per heavy atom. The number of nitrogens with zero attached hydrogens (tertiary/aromatic N) is 2. The van der Waals surface area contributed by atoms with Gasteiger partial charge in [-0.2, -0.15) is 0 Å². The van der Waals surface area contributed by atoms with E-state index in [2.05, 4.69) is 4.98 Å². The monoisotopic (exact) mass is 506 g/mol. The summed E-state index contributed by atoms with van der Waals surface area (Å²) in [7, 11) is 2.81. The van der Waals surface area contributed by atoms with E-state index < -0.39 is 23.7 Å². The van der Waals surface area contributed by atoms with Crippen molar-refractivity contribution in [3.63, 3.8) is 0 Å². The fourth-order valence-corrected chi connectivity index (χ4v) is 5.24. The van der Waals surface area contributed by atoms with Crippen molar-refractivity contribution in [3.05, 3.63) is 80.9 Å². The van der Waals surface area contributed by atoms with Gasteiger partial charge in [0.05, 0.1) is 31.5 Å². The van der Waals surface area contributed by atoms with Crippen molar-refractivity contribution in [1.82, 2.24) is 4.98 Å². The van der Waals surface area contributed by atoms with Crippen LogP contribution in [-0.2, 0) is 20.7 Å². The van der Waals surface area contributed by atoms with Crippen LogP contribution in [0.3, 0.4) is 0 Å². The molecule has 0 bridgehead atoms. The van der Waals surface area contributed by atoms with Crippen LogP contribution in [-0.4, -0.2) is 42.0 Å². The SMILES string of the molecule is CCc1ccc([C@@H]2C(=C(O)c3ccc(OC)c(C)c3)C(=O)C(=O)N2c2nc(C)c(C(=O)OC)s2)cc1. The standard InChI is InChI=1S/C27H26N2O6S/c1-6-16-7-9-17(10-8-16)21-20(22(30)18-11-12-19(34-4)14(2)13-18)23(31)25(32)29(21)27-28-15(3)24(36-27)26(33)35-5/h7-13,21,30H,6H2,1-5H3/t21-/m1/s1. The van der Waals surface area contributed by atoms with E-state index in [0.717, 1.165) is 28.9 Å². The molecule has 1 aliphatic heterocycles. The molecule has 1 amide bonds. The number of thiazole rings is 1. The predicted molar refractivity (Wildman–Crippen MR) is 137 cm³/mol. The first kappa shape index (κ1) is 25.1. The number of anilines is 1. The predicted octanol–water partition coefficient (Wildman–Crippen LogP) is 4.74. The number of aliphatic hydroxyl groups is 1. The second kappa shape index (κ2) is 9.94. The van der Waals surface area contributed by atoms with Gasteiger partial charge in [0, 0.05) is 5.56 Å². The van der Waals surface area contributed by atoms with Crippen molar-refractivity contribution in [1.29, 1.82) is 0 Å². The molecule has 1 atom stereocenters. The Morgan fingerprint density at radius 3 is 2.39 bits per heavy atom. The van der Waals surface area contributed by atoms with Crippen LogP contribution in [0.2, 0.25) is 0 Å². The molecule has 0 radical (unpaired) electrons. The highest BCUT2D eigenvalue weighted by molar-refractivity contribution is 7.17. The fourth-order valence-electron chi connectivity index (χ4n) is 4.23. The van der Waals surface area contributed by atoms with Crippen molar-refractivity contribution in [2.75, 3.05) is 19.1 Å². The van der Waals surface area contributed by atoms with E-state index in [0.29, 0.717) is 22.6 Å².